The first-order valence-corrected chi connectivity index (χ1v) is 9.14. The topological polar surface area (TPSA) is 75.3 Å². The van der Waals surface area contributed by atoms with Crippen molar-refractivity contribution in [2.45, 2.75) is 4.90 Å². The molecule has 0 amide bonds. The molecule has 0 aromatic heterocycles. The zero-order chi connectivity index (χ0) is 20.5. The minimum atomic E-state index is -0.583. The summed E-state index contributed by atoms with van der Waals surface area (Å²) in [6, 6.07) is 14.3. The maximum atomic E-state index is 13.1. The number of benzene rings is 2. The van der Waals surface area contributed by atoms with E-state index in [1.165, 1.54) is 11.8 Å². The molecule has 0 atom stereocenters. The molecule has 0 saturated carbocycles. The van der Waals surface area contributed by atoms with E-state index < -0.39 is 5.97 Å². The van der Waals surface area contributed by atoms with Crippen molar-refractivity contribution in [3.05, 3.63) is 76.8 Å². The van der Waals surface area contributed by atoms with Crippen LogP contribution in [0.15, 0.2) is 70.6 Å². The fraction of sp³-hybridized carbons (Fsp3) is 0.0952. The van der Waals surface area contributed by atoms with Gasteiger partial charge in [-0.15, -0.1) is 12.6 Å². The van der Waals surface area contributed by atoms with Crippen LogP contribution in [0.2, 0.25) is 0 Å². The zero-order valence-corrected chi connectivity index (χ0v) is 16.6. The molecule has 0 unspecified atom stereocenters. The van der Waals surface area contributed by atoms with Crippen molar-refractivity contribution in [1.29, 1.82) is 0 Å². The van der Waals surface area contributed by atoms with Gasteiger partial charge in [-0.2, -0.15) is 9.78 Å². The number of para-hydroxylation sites is 1. The van der Waals surface area contributed by atoms with Gasteiger partial charge in [0, 0.05) is 17.3 Å². The van der Waals surface area contributed by atoms with Gasteiger partial charge in [0.25, 0.3) is 5.56 Å². The number of esters is 1. The average molecular weight is 407 g/mol. The van der Waals surface area contributed by atoms with Crippen LogP contribution in [0, 0.1) is 0 Å². The summed E-state index contributed by atoms with van der Waals surface area (Å²) in [7, 11) is 2.85. The van der Waals surface area contributed by atoms with E-state index in [-0.39, 0.29) is 16.8 Å². The molecule has 4 rings (SSSR count). The number of aromatic nitrogens is 3. The van der Waals surface area contributed by atoms with Gasteiger partial charge in [-0.3, -0.25) is 4.79 Å². The lowest BCUT2D eigenvalue weighted by Gasteiger charge is -2.13. The molecule has 0 N–H and O–H groups in total. The molecule has 0 saturated heterocycles. The number of carbonyl (C=O) groups excluding carboxylic acids is 1. The van der Waals surface area contributed by atoms with Crippen molar-refractivity contribution in [3.8, 4) is 28.4 Å². The maximum absolute atomic E-state index is 13.1. The number of pyridine rings is 1. The molecule has 0 spiro atoms. The van der Waals surface area contributed by atoms with Crippen LogP contribution in [0.4, 0.5) is 0 Å². The molecule has 2 aromatic rings. The Balaban J connectivity index is 1.97. The molecule has 2 aromatic carbocycles. The van der Waals surface area contributed by atoms with Crippen molar-refractivity contribution >= 4 is 18.6 Å². The molecule has 0 fully saturated rings. The third-order valence-corrected chi connectivity index (χ3v) is 4.93. The van der Waals surface area contributed by atoms with Crippen molar-refractivity contribution in [2.75, 3.05) is 14.2 Å². The molecule has 8 heteroatoms. The van der Waals surface area contributed by atoms with E-state index in [0.29, 0.717) is 21.9 Å². The van der Waals surface area contributed by atoms with Crippen molar-refractivity contribution < 1.29 is 14.3 Å². The highest BCUT2D eigenvalue weighted by atomic mass is 32.1. The minimum Gasteiger partial charge on any atom is -0.497 e. The zero-order valence-electron chi connectivity index (χ0n) is 15.7. The summed E-state index contributed by atoms with van der Waals surface area (Å²) in [5.41, 5.74) is 1.68. The van der Waals surface area contributed by atoms with Crippen LogP contribution in [-0.4, -0.2) is 34.5 Å². The van der Waals surface area contributed by atoms with E-state index in [4.69, 9.17) is 9.47 Å². The lowest BCUT2D eigenvalue weighted by molar-refractivity contribution is 0.0600. The van der Waals surface area contributed by atoms with Crippen LogP contribution >= 0.6 is 12.6 Å². The number of carbonyl (C=O) groups is 1. The molecule has 0 radical (unpaired) electrons. The molecule has 7 nitrogen and oxygen atoms in total. The monoisotopic (exact) mass is 407 g/mol. The quantitative estimate of drug-likeness (QED) is 0.415. The fourth-order valence-corrected chi connectivity index (χ4v) is 3.36. The van der Waals surface area contributed by atoms with E-state index >= 15 is 0 Å². The number of hydrogen-bond acceptors (Lipinski definition) is 6. The summed E-state index contributed by atoms with van der Waals surface area (Å²) < 4.78 is 13.0. The van der Waals surface area contributed by atoms with Gasteiger partial charge in [0.05, 0.1) is 31.2 Å². The number of rotatable bonds is 4. The number of methoxy groups -OCH3 is 2. The second-order valence-electron chi connectivity index (χ2n) is 6.24. The predicted octanol–water partition coefficient (Wildman–Crippen LogP) is 3.21. The minimum absolute atomic E-state index is 0.186. The Kier molecular flexibility index (Phi) is 4.85. The van der Waals surface area contributed by atoms with Crippen LogP contribution < -0.4 is 10.3 Å². The van der Waals surface area contributed by atoms with Gasteiger partial charge in [-0.05, 0) is 36.4 Å². The summed E-state index contributed by atoms with van der Waals surface area (Å²) >= 11 is 4.47. The molecular weight excluding hydrogens is 390 g/mol. The Morgan fingerprint density at radius 1 is 1.03 bits per heavy atom. The Morgan fingerprint density at radius 3 is 2.41 bits per heavy atom. The normalized spacial score (nSPS) is 10.9. The number of hydrogen-bond donors (Lipinski definition) is 1. The molecule has 146 valence electrons. The first-order valence-electron chi connectivity index (χ1n) is 8.69. The predicted molar refractivity (Wildman–Crippen MR) is 111 cm³/mol. The third-order valence-electron chi connectivity index (χ3n) is 4.55. The summed E-state index contributed by atoms with van der Waals surface area (Å²) in [6.45, 7) is 0. The van der Waals surface area contributed by atoms with E-state index in [9.17, 15) is 9.59 Å². The van der Waals surface area contributed by atoms with Crippen molar-refractivity contribution in [1.82, 2.24) is 14.3 Å². The van der Waals surface area contributed by atoms with E-state index in [0.717, 1.165) is 5.69 Å². The van der Waals surface area contributed by atoms with E-state index in [2.05, 4.69) is 17.7 Å². The van der Waals surface area contributed by atoms with Gasteiger partial charge in [0.15, 0.2) is 0 Å². The highest BCUT2D eigenvalue weighted by molar-refractivity contribution is 7.80. The van der Waals surface area contributed by atoms with Crippen LogP contribution in [0.3, 0.4) is 0 Å². The summed E-state index contributed by atoms with van der Waals surface area (Å²) in [5.74, 6) is 0.0803. The molecule has 0 aliphatic carbocycles. The summed E-state index contributed by atoms with van der Waals surface area (Å²) in [6.07, 6.45) is 3.24. The highest BCUT2D eigenvalue weighted by Crippen LogP contribution is 2.27. The van der Waals surface area contributed by atoms with Gasteiger partial charge in [-0.1, -0.05) is 12.1 Å². The van der Waals surface area contributed by atoms with Gasteiger partial charge in [0.1, 0.15) is 17.0 Å². The van der Waals surface area contributed by atoms with Crippen LogP contribution in [0.1, 0.15) is 10.4 Å². The molecule has 2 aliphatic heterocycles. The molecule has 0 bridgehead atoms. The largest absolute Gasteiger partial charge is 0.497 e. The first-order chi connectivity index (χ1) is 14.0. The number of ether oxygens (including phenoxy) is 2. The van der Waals surface area contributed by atoms with Crippen molar-refractivity contribution in [2.24, 2.45) is 0 Å². The van der Waals surface area contributed by atoms with E-state index in [1.807, 2.05) is 24.3 Å². The second kappa shape index (κ2) is 7.48. The Bertz CT molecular complexity index is 1230. The number of fused-ring (bicyclic) bond motifs is 1. The maximum Gasteiger partial charge on any atom is 0.341 e. The molecule has 2 heterocycles. The Hall–Kier alpha value is -3.52. The van der Waals surface area contributed by atoms with Crippen LogP contribution in [-0.2, 0) is 4.74 Å². The molecule has 2 aliphatic rings. The van der Waals surface area contributed by atoms with Gasteiger partial charge in [-0.25, -0.2) is 4.79 Å². The van der Waals surface area contributed by atoms with Crippen LogP contribution in [0.5, 0.6) is 5.75 Å². The lowest BCUT2D eigenvalue weighted by atomic mass is 10.1. The lowest BCUT2D eigenvalue weighted by Crippen LogP contribution is -2.15. The van der Waals surface area contributed by atoms with Crippen molar-refractivity contribution in [3.63, 3.8) is 0 Å². The first kappa shape index (κ1) is 18.8. The van der Waals surface area contributed by atoms with Crippen LogP contribution in [0.25, 0.3) is 22.6 Å². The van der Waals surface area contributed by atoms with Gasteiger partial charge in [0.2, 0.25) is 0 Å². The summed E-state index contributed by atoms with van der Waals surface area (Å²) in [5, 5.41) is 4.39. The third kappa shape index (κ3) is 3.27. The second-order valence-corrected chi connectivity index (χ2v) is 6.72. The molecular formula is C21H17N3O4S. The standard InChI is InChI=1S/C21H17N3O4S/c1-27-14-9-7-13(8-10-14)24-20(25)15-11-23(17-5-3-4-6-18(17)29)12-16(19(15)22-24)21(26)28-2/h3-12,29H,1-2H3. The highest BCUT2D eigenvalue weighted by Gasteiger charge is 2.25. The average Bonchev–Trinajstić information content (AvgIpc) is 3.09. The Morgan fingerprint density at radius 2 is 1.76 bits per heavy atom. The van der Waals surface area contributed by atoms with E-state index in [1.54, 1.807) is 48.3 Å². The Labute approximate surface area is 171 Å². The molecule has 29 heavy (non-hydrogen) atoms. The number of thiol groups is 1. The smallest absolute Gasteiger partial charge is 0.341 e. The summed E-state index contributed by atoms with van der Waals surface area (Å²) in [4.78, 5) is 26.2. The SMILES string of the molecule is COC(=O)c1cn(-c2ccccc2S)cc2c(=O)n(-c3ccc(OC)cc3)nc1-2. The fourth-order valence-electron chi connectivity index (χ4n) is 3.09. The van der Waals surface area contributed by atoms with Gasteiger partial charge >= 0.3 is 5.97 Å². The van der Waals surface area contributed by atoms with Gasteiger partial charge < -0.3 is 14.0 Å². The number of nitrogens with zero attached hydrogens (tertiary/aromatic N) is 3.